The maximum absolute atomic E-state index is 13.0. The second kappa shape index (κ2) is 5.66. The first kappa shape index (κ1) is 14.4. The highest BCUT2D eigenvalue weighted by molar-refractivity contribution is 5.76. The number of carbonyl (C=O) groups is 1. The molecule has 3 rings (SSSR count). The molecular formula is C15H24N4O2. The Hall–Kier alpha value is -1.59. The number of aryl methyl sites for hydroxylation is 1. The average Bonchev–Trinajstić information content (AvgIpc) is 3.06. The number of aromatic nitrogens is 2. The lowest BCUT2D eigenvalue weighted by molar-refractivity contribution is 0.0856. The summed E-state index contributed by atoms with van der Waals surface area (Å²) in [5, 5.41) is 8.01. The minimum absolute atomic E-state index is 0.0555. The highest BCUT2D eigenvalue weighted by Crippen LogP contribution is 2.34. The summed E-state index contributed by atoms with van der Waals surface area (Å²) >= 11 is 0. The molecule has 116 valence electrons. The Morgan fingerprint density at radius 2 is 1.86 bits per heavy atom. The van der Waals surface area contributed by atoms with Crippen molar-refractivity contribution in [3.8, 4) is 0 Å². The highest BCUT2D eigenvalue weighted by atomic mass is 16.4. The molecule has 2 aliphatic rings. The smallest absolute Gasteiger partial charge is 0.321 e. The first-order chi connectivity index (χ1) is 10.1. The number of hydrogen-bond donors (Lipinski definition) is 0. The molecule has 0 spiro atoms. The standard InChI is InChI=1S/C15H24N4O2/c1-10-6-4-7-11(2)19(10)15(20)18-9-5-8-13(18)14-17-16-12(3)21-14/h10-11,13H,4-9H2,1-3H3/t10-,11-,13-/m0/s1. The normalized spacial score (nSPS) is 30.0. The molecule has 0 bridgehead atoms. The van der Waals surface area contributed by atoms with Crippen LogP contribution >= 0.6 is 0 Å². The lowest BCUT2D eigenvalue weighted by Crippen LogP contribution is -2.53. The first-order valence-corrected chi connectivity index (χ1v) is 7.97. The summed E-state index contributed by atoms with van der Waals surface area (Å²) in [5.41, 5.74) is 0. The lowest BCUT2D eigenvalue weighted by Gasteiger charge is -2.41. The van der Waals surface area contributed by atoms with Crippen molar-refractivity contribution >= 4 is 6.03 Å². The van der Waals surface area contributed by atoms with Gasteiger partial charge in [0, 0.05) is 25.6 Å². The van der Waals surface area contributed by atoms with E-state index in [0.717, 1.165) is 32.2 Å². The molecule has 2 amide bonds. The molecule has 3 atom stereocenters. The van der Waals surface area contributed by atoms with Gasteiger partial charge in [-0.2, -0.15) is 0 Å². The summed E-state index contributed by atoms with van der Waals surface area (Å²) in [4.78, 5) is 16.9. The summed E-state index contributed by atoms with van der Waals surface area (Å²) in [5.74, 6) is 1.14. The molecule has 21 heavy (non-hydrogen) atoms. The molecule has 0 aromatic carbocycles. The second-order valence-electron chi connectivity index (χ2n) is 6.33. The molecule has 0 unspecified atom stereocenters. The van der Waals surface area contributed by atoms with Crippen LogP contribution in [0.25, 0.3) is 0 Å². The van der Waals surface area contributed by atoms with Gasteiger partial charge in [0.25, 0.3) is 0 Å². The molecule has 6 nitrogen and oxygen atoms in total. The number of piperidine rings is 1. The van der Waals surface area contributed by atoms with E-state index in [-0.39, 0.29) is 12.1 Å². The van der Waals surface area contributed by atoms with Gasteiger partial charge in [-0.15, -0.1) is 10.2 Å². The van der Waals surface area contributed by atoms with Crippen molar-refractivity contribution in [1.29, 1.82) is 0 Å². The quantitative estimate of drug-likeness (QED) is 0.798. The topological polar surface area (TPSA) is 62.5 Å². The number of hydrogen-bond acceptors (Lipinski definition) is 4. The van der Waals surface area contributed by atoms with Crippen molar-refractivity contribution in [3.63, 3.8) is 0 Å². The number of nitrogens with zero attached hydrogens (tertiary/aromatic N) is 4. The lowest BCUT2D eigenvalue weighted by atomic mass is 9.98. The van der Waals surface area contributed by atoms with Crippen LogP contribution in [0.2, 0.25) is 0 Å². The number of rotatable bonds is 1. The molecule has 0 saturated carbocycles. The van der Waals surface area contributed by atoms with Gasteiger partial charge in [0.1, 0.15) is 6.04 Å². The van der Waals surface area contributed by atoms with E-state index in [1.54, 1.807) is 6.92 Å². The summed E-state index contributed by atoms with van der Waals surface area (Å²) in [7, 11) is 0. The predicted molar refractivity (Wildman–Crippen MR) is 77.7 cm³/mol. The van der Waals surface area contributed by atoms with Crippen LogP contribution in [-0.2, 0) is 0 Å². The summed E-state index contributed by atoms with van der Waals surface area (Å²) < 4.78 is 5.55. The fraction of sp³-hybridized carbons (Fsp3) is 0.800. The van der Waals surface area contributed by atoms with Crippen LogP contribution in [0.1, 0.15) is 63.8 Å². The van der Waals surface area contributed by atoms with E-state index >= 15 is 0 Å². The molecule has 2 fully saturated rings. The van der Waals surface area contributed by atoms with Crippen LogP contribution in [-0.4, -0.2) is 44.7 Å². The van der Waals surface area contributed by atoms with Crippen molar-refractivity contribution in [2.24, 2.45) is 0 Å². The number of likely N-dealkylation sites (tertiary alicyclic amines) is 2. The SMILES string of the molecule is Cc1nnc([C@@H]2CCCN2C(=O)N2[C@@H](C)CCC[C@@H]2C)o1. The molecule has 1 aromatic rings. The Balaban J connectivity index is 1.79. The minimum atomic E-state index is -0.0555. The third-order valence-corrected chi connectivity index (χ3v) is 4.74. The van der Waals surface area contributed by atoms with Crippen molar-refractivity contribution in [2.75, 3.05) is 6.54 Å². The first-order valence-electron chi connectivity index (χ1n) is 7.97. The molecule has 0 radical (unpaired) electrons. The van der Waals surface area contributed by atoms with Crippen molar-refractivity contribution in [1.82, 2.24) is 20.0 Å². The fourth-order valence-electron chi connectivity index (χ4n) is 3.65. The van der Waals surface area contributed by atoms with E-state index in [2.05, 4.69) is 24.0 Å². The van der Waals surface area contributed by atoms with Gasteiger partial charge in [0.2, 0.25) is 11.8 Å². The van der Waals surface area contributed by atoms with Gasteiger partial charge in [-0.1, -0.05) is 0 Å². The van der Waals surface area contributed by atoms with Crippen LogP contribution in [0.15, 0.2) is 4.42 Å². The van der Waals surface area contributed by atoms with Gasteiger partial charge in [-0.25, -0.2) is 4.79 Å². The highest BCUT2D eigenvalue weighted by Gasteiger charge is 2.39. The Bertz CT molecular complexity index is 506. The van der Waals surface area contributed by atoms with E-state index in [1.807, 2.05) is 9.80 Å². The van der Waals surface area contributed by atoms with E-state index in [4.69, 9.17) is 4.42 Å². The monoisotopic (exact) mass is 292 g/mol. The summed E-state index contributed by atoms with van der Waals surface area (Å²) in [6.07, 6.45) is 5.29. The molecule has 1 aromatic heterocycles. The molecule has 0 aliphatic carbocycles. The Morgan fingerprint density at radius 1 is 1.14 bits per heavy atom. The van der Waals surface area contributed by atoms with Gasteiger partial charge in [-0.3, -0.25) is 0 Å². The summed E-state index contributed by atoms with van der Waals surface area (Å²) in [6, 6.07) is 0.701. The molecular weight excluding hydrogens is 268 g/mol. The van der Waals surface area contributed by atoms with Gasteiger partial charge in [-0.05, 0) is 46.0 Å². The van der Waals surface area contributed by atoms with Crippen molar-refractivity contribution in [3.05, 3.63) is 11.8 Å². The maximum Gasteiger partial charge on any atom is 0.321 e. The number of amides is 2. The molecule has 2 saturated heterocycles. The van der Waals surface area contributed by atoms with Crippen LogP contribution in [0, 0.1) is 6.92 Å². The van der Waals surface area contributed by atoms with Gasteiger partial charge in [0.05, 0.1) is 0 Å². The van der Waals surface area contributed by atoms with Crippen LogP contribution < -0.4 is 0 Å². The molecule has 2 aliphatic heterocycles. The second-order valence-corrected chi connectivity index (χ2v) is 6.33. The van der Waals surface area contributed by atoms with E-state index < -0.39 is 0 Å². The predicted octanol–water partition coefficient (Wildman–Crippen LogP) is 2.90. The molecule has 0 N–H and O–H groups in total. The van der Waals surface area contributed by atoms with Crippen LogP contribution in [0.5, 0.6) is 0 Å². The third-order valence-electron chi connectivity index (χ3n) is 4.74. The van der Waals surface area contributed by atoms with Gasteiger partial charge >= 0.3 is 6.03 Å². The van der Waals surface area contributed by atoms with E-state index in [9.17, 15) is 4.79 Å². The summed E-state index contributed by atoms with van der Waals surface area (Å²) in [6.45, 7) is 6.86. The largest absolute Gasteiger partial charge is 0.423 e. The Labute approximate surface area is 125 Å². The number of urea groups is 1. The van der Waals surface area contributed by atoms with Gasteiger partial charge < -0.3 is 14.2 Å². The molecule has 6 heteroatoms. The Morgan fingerprint density at radius 3 is 2.48 bits per heavy atom. The fourth-order valence-corrected chi connectivity index (χ4v) is 3.65. The third kappa shape index (κ3) is 2.63. The van der Waals surface area contributed by atoms with Crippen LogP contribution in [0.4, 0.5) is 4.79 Å². The zero-order valence-corrected chi connectivity index (χ0v) is 13.1. The van der Waals surface area contributed by atoms with E-state index in [1.165, 1.54) is 6.42 Å². The molecule has 3 heterocycles. The van der Waals surface area contributed by atoms with Crippen LogP contribution in [0.3, 0.4) is 0 Å². The maximum atomic E-state index is 13.0. The number of carbonyl (C=O) groups excluding carboxylic acids is 1. The van der Waals surface area contributed by atoms with Crippen molar-refractivity contribution < 1.29 is 9.21 Å². The van der Waals surface area contributed by atoms with Crippen molar-refractivity contribution in [2.45, 2.75) is 71.0 Å². The Kier molecular flexibility index (Phi) is 3.87. The van der Waals surface area contributed by atoms with Gasteiger partial charge in [0.15, 0.2) is 0 Å². The zero-order valence-electron chi connectivity index (χ0n) is 13.1. The average molecular weight is 292 g/mol. The van der Waals surface area contributed by atoms with E-state index in [0.29, 0.717) is 23.9 Å². The minimum Gasteiger partial charge on any atom is -0.423 e. The zero-order chi connectivity index (χ0) is 15.0.